The van der Waals surface area contributed by atoms with Crippen LogP contribution in [0, 0.1) is 10.1 Å². The van der Waals surface area contributed by atoms with Crippen molar-refractivity contribution in [2.24, 2.45) is 0 Å². The van der Waals surface area contributed by atoms with Crippen LogP contribution in [-0.4, -0.2) is 50.1 Å². The molecule has 7 nitrogen and oxygen atoms in total. The fourth-order valence-electron chi connectivity index (χ4n) is 1.68. The Labute approximate surface area is 131 Å². The van der Waals surface area contributed by atoms with Crippen molar-refractivity contribution in [3.63, 3.8) is 0 Å². The smallest absolute Gasteiger partial charge is 0.341 e. The zero-order valence-corrected chi connectivity index (χ0v) is 13.7. The van der Waals surface area contributed by atoms with Crippen LogP contribution >= 0.6 is 15.9 Å². The van der Waals surface area contributed by atoms with Crippen molar-refractivity contribution < 1.29 is 19.2 Å². The van der Waals surface area contributed by atoms with Crippen molar-refractivity contribution >= 4 is 27.6 Å². The van der Waals surface area contributed by atoms with Gasteiger partial charge in [-0.05, 0) is 26.6 Å². The number of carbonyl (C=O) groups is 1. The predicted octanol–water partition coefficient (Wildman–Crippen LogP) is 2.47. The number of nitro groups is 1. The second-order valence-electron chi connectivity index (χ2n) is 4.56. The minimum atomic E-state index is -0.679. The van der Waals surface area contributed by atoms with Crippen molar-refractivity contribution in [1.82, 2.24) is 4.90 Å². The molecular formula is C13H17BrN2O5. The molecule has 0 bridgehead atoms. The molecule has 21 heavy (non-hydrogen) atoms. The zero-order valence-electron chi connectivity index (χ0n) is 12.1. The van der Waals surface area contributed by atoms with Crippen LogP contribution in [-0.2, 0) is 4.74 Å². The molecule has 0 saturated carbocycles. The van der Waals surface area contributed by atoms with Gasteiger partial charge in [-0.25, -0.2) is 4.79 Å². The summed E-state index contributed by atoms with van der Waals surface area (Å²) in [5, 5.41) is 11.1. The lowest BCUT2D eigenvalue weighted by Gasteiger charge is -2.13. The number of carbonyl (C=O) groups excluding carboxylic acids is 1. The summed E-state index contributed by atoms with van der Waals surface area (Å²) in [5.74, 6) is -0.740. The van der Waals surface area contributed by atoms with Crippen LogP contribution < -0.4 is 4.74 Å². The fourth-order valence-corrected chi connectivity index (χ4v) is 2.13. The molecule has 0 amide bonds. The molecule has 0 radical (unpaired) electrons. The highest BCUT2D eigenvalue weighted by Gasteiger charge is 2.25. The Morgan fingerprint density at radius 3 is 2.62 bits per heavy atom. The third-order valence-corrected chi connectivity index (χ3v) is 3.09. The van der Waals surface area contributed by atoms with Gasteiger partial charge in [-0.1, -0.05) is 15.9 Å². The summed E-state index contributed by atoms with van der Waals surface area (Å²) in [6.45, 7) is 1.04. The quantitative estimate of drug-likeness (QED) is 0.321. The van der Waals surface area contributed by atoms with E-state index in [1.807, 2.05) is 19.0 Å². The Kier molecular flexibility index (Phi) is 6.57. The van der Waals surface area contributed by atoms with Gasteiger partial charge in [0, 0.05) is 17.1 Å². The molecular weight excluding hydrogens is 344 g/mol. The summed E-state index contributed by atoms with van der Waals surface area (Å²) in [7, 11) is 5.05. The van der Waals surface area contributed by atoms with Gasteiger partial charge in [-0.2, -0.15) is 0 Å². The highest BCUT2D eigenvalue weighted by atomic mass is 79.9. The second-order valence-corrected chi connectivity index (χ2v) is 5.47. The molecule has 116 valence electrons. The summed E-state index contributed by atoms with van der Waals surface area (Å²) in [6.07, 6.45) is 0.681. The van der Waals surface area contributed by atoms with Gasteiger partial charge in [-0.15, -0.1) is 0 Å². The number of hydrogen-bond donors (Lipinski definition) is 0. The van der Waals surface area contributed by atoms with Crippen molar-refractivity contribution in [2.75, 3.05) is 34.4 Å². The summed E-state index contributed by atoms with van der Waals surface area (Å²) >= 11 is 3.14. The van der Waals surface area contributed by atoms with E-state index >= 15 is 0 Å². The third-order valence-electron chi connectivity index (χ3n) is 2.63. The topological polar surface area (TPSA) is 81.9 Å². The lowest BCUT2D eigenvalue weighted by molar-refractivity contribution is -0.386. The van der Waals surface area contributed by atoms with Gasteiger partial charge in [0.05, 0.1) is 18.6 Å². The van der Waals surface area contributed by atoms with Gasteiger partial charge >= 0.3 is 11.7 Å². The lowest BCUT2D eigenvalue weighted by atomic mass is 10.1. The average molecular weight is 361 g/mol. The molecule has 0 fully saturated rings. The highest BCUT2D eigenvalue weighted by molar-refractivity contribution is 9.10. The van der Waals surface area contributed by atoms with Crippen LogP contribution in [0.4, 0.5) is 5.69 Å². The molecule has 0 aliphatic heterocycles. The SMILES string of the molecule is COC(=O)c1cc(Br)cc([N+](=O)[O-])c1OCCCN(C)C. The minimum Gasteiger partial charge on any atom is -0.486 e. The molecule has 0 unspecified atom stereocenters. The summed E-state index contributed by atoms with van der Waals surface area (Å²) in [5.41, 5.74) is -0.238. The number of esters is 1. The zero-order chi connectivity index (χ0) is 16.0. The molecule has 1 aromatic rings. The van der Waals surface area contributed by atoms with Crippen molar-refractivity contribution in [2.45, 2.75) is 6.42 Å². The van der Waals surface area contributed by atoms with Crippen LogP contribution in [0.25, 0.3) is 0 Å². The standard InChI is InChI=1S/C13H17BrN2O5/c1-15(2)5-4-6-21-12-10(13(17)20-3)7-9(14)8-11(12)16(18)19/h7-8H,4-6H2,1-3H3. The molecule has 0 aliphatic carbocycles. The number of halogens is 1. The minimum absolute atomic E-state index is 0.0310. The third kappa shape index (κ3) is 4.98. The highest BCUT2D eigenvalue weighted by Crippen LogP contribution is 2.35. The summed E-state index contributed by atoms with van der Waals surface area (Å²) in [4.78, 5) is 24.3. The van der Waals surface area contributed by atoms with Gasteiger partial charge in [-0.3, -0.25) is 10.1 Å². The van der Waals surface area contributed by atoms with Crippen molar-refractivity contribution in [3.8, 4) is 5.75 Å². The maximum Gasteiger partial charge on any atom is 0.341 e. The van der Waals surface area contributed by atoms with Gasteiger partial charge in [0.25, 0.3) is 0 Å². The first-order chi connectivity index (χ1) is 9.86. The van der Waals surface area contributed by atoms with E-state index in [0.29, 0.717) is 10.9 Å². The van der Waals surface area contributed by atoms with Crippen LogP contribution in [0.2, 0.25) is 0 Å². The number of nitro benzene ring substituents is 1. The van der Waals surface area contributed by atoms with E-state index in [9.17, 15) is 14.9 Å². The van der Waals surface area contributed by atoms with E-state index in [2.05, 4.69) is 20.7 Å². The number of ether oxygens (including phenoxy) is 2. The van der Waals surface area contributed by atoms with Gasteiger partial charge in [0.1, 0.15) is 5.56 Å². The molecule has 0 saturated heterocycles. The van der Waals surface area contributed by atoms with E-state index in [1.165, 1.54) is 19.2 Å². The van der Waals surface area contributed by atoms with E-state index in [0.717, 1.165) is 6.54 Å². The van der Waals surface area contributed by atoms with E-state index in [1.54, 1.807) is 0 Å². The Hall–Kier alpha value is -1.67. The summed E-state index contributed by atoms with van der Waals surface area (Å²) in [6, 6.07) is 2.74. The number of rotatable bonds is 7. The van der Waals surface area contributed by atoms with E-state index in [-0.39, 0.29) is 23.6 Å². The van der Waals surface area contributed by atoms with Gasteiger partial charge in [0.2, 0.25) is 5.75 Å². The first-order valence-corrected chi connectivity index (χ1v) is 7.00. The largest absolute Gasteiger partial charge is 0.486 e. The Balaban J connectivity index is 3.06. The first-order valence-electron chi connectivity index (χ1n) is 6.20. The molecule has 0 heterocycles. The van der Waals surface area contributed by atoms with Crippen LogP contribution in [0.5, 0.6) is 5.75 Å². The molecule has 0 atom stereocenters. The van der Waals surface area contributed by atoms with Crippen LogP contribution in [0.15, 0.2) is 16.6 Å². The summed E-state index contributed by atoms with van der Waals surface area (Å²) < 4.78 is 10.5. The van der Waals surface area contributed by atoms with Gasteiger partial charge in [0.15, 0.2) is 0 Å². The molecule has 1 aromatic carbocycles. The monoisotopic (exact) mass is 360 g/mol. The number of benzene rings is 1. The second kappa shape index (κ2) is 7.94. The number of methoxy groups -OCH3 is 1. The number of nitrogens with zero attached hydrogens (tertiary/aromatic N) is 2. The van der Waals surface area contributed by atoms with Crippen molar-refractivity contribution in [3.05, 3.63) is 32.3 Å². The van der Waals surface area contributed by atoms with Crippen LogP contribution in [0.1, 0.15) is 16.8 Å². The van der Waals surface area contributed by atoms with E-state index < -0.39 is 10.9 Å². The lowest BCUT2D eigenvalue weighted by Crippen LogP contribution is -2.16. The molecule has 1 rings (SSSR count). The normalized spacial score (nSPS) is 10.5. The fraction of sp³-hybridized carbons (Fsp3) is 0.462. The van der Waals surface area contributed by atoms with Crippen LogP contribution in [0.3, 0.4) is 0 Å². The molecule has 0 aliphatic rings. The Morgan fingerprint density at radius 1 is 1.43 bits per heavy atom. The van der Waals surface area contributed by atoms with Crippen molar-refractivity contribution in [1.29, 1.82) is 0 Å². The first kappa shape index (κ1) is 17.4. The average Bonchev–Trinajstić information content (AvgIpc) is 2.42. The Morgan fingerprint density at radius 2 is 2.10 bits per heavy atom. The number of hydrogen-bond acceptors (Lipinski definition) is 6. The molecule has 0 N–H and O–H groups in total. The Bertz CT molecular complexity index is 534. The van der Waals surface area contributed by atoms with E-state index in [4.69, 9.17) is 4.74 Å². The predicted molar refractivity (Wildman–Crippen MR) is 80.8 cm³/mol. The molecule has 0 spiro atoms. The maximum atomic E-state index is 11.7. The molecule has 8 heteroatoms. The maximum absolute atomic E-state index is 11.7. The molecule has 0 aromatic heterocycles. The van der Waals surface area contributed by atoms with Gasteiger partial charge < -0.3 is 14.4 Å².